The molecule has 0 fully saturated rings. The fourth-order valence-electron chi connectivity index (χ4n) is 3.49. The fraction of sp³-hybridized carbons (Fsp3) is 0.316. The molecule has 0 radical (unpaired) electrons. The van der Waals surface area contributed by atoms with Crippen molar-refractivity contribution in [2.75, 3.05) is 6.54 Å². The van der Waals surface area contributed by atoms with E-state index >= 15 is 0 Å². The number of nitrogens with one attached hydrogen (secondary N) is 1. The molecule has 4 rings (SSSR count). The molecule has 8 nitrogen and oxygen atoms in total. The van der Waals surface area contributed by atoms with E-state index in [0.29, 0.717) is 41.0 Å². The third-order valence-corrected chi connectivity index (χ3v) is 4.97. The van der Waals surface area contributed by atoms with Gasteiger partial charge in [0, 0.05) is 12.1 Å². The van der Waals surface area contributed by atoms with Gasteiger partial charge in [0.05, 0.1) is 29.5 Å². The van der Waals surface area contributed by atoms with Crippen LogP contribution < -0.4 is 11.1 Å². The minimum Gasteiger partial charge on any atom is -0.335 e. The van der Waals surface area contributed by atoms with Crippen LogP contribution in [-0.2, 0) is 17.8 Å². The van der Waals surface area contributed by atoms with Crippen molar-refractivity contribution in [3.05, 3.63) is 68.4 Å². The number of aromatic nitrogens is 4. The predicted octanol–water partition coefficient (Wildman–Crippen LogP) is 0.934. The lowest BCUT2D eigenvalue weighted by Gasteiger charge is -2.30. The standard InChI is InChI=1S/C19H19N5O3/c1-11(24-10-20-15-6-4-3-5-14(15)19(24)27)18(26)23-8-7-13-16(9-23)21-12(2)22-17(13)25/h3-6,10-11H,7-9H2,1-2H3,(H,21,22,25)/t11-/m1/s1. The number of rotatable bonds is 2. The number of benzene rings is 1. The van der Waals surface area contributed by atoms with Crippen LogP contribution in [0.15, 0.2) is 40.2 Å². The van der Waals surface area contributed by atoms with E-state index in [2.05, 4.69) is 15.0 Å². The summed E-state index contributed by atoms with van der Waals surface area (Å²) in [6.45, 7) is 4.08. The number of carbonyl (C=O) groups is 1. The van der Waals surface area contributed by atoms with Gasteiger partial charge in [-0.05, 0) is 32.4 Å². The van der Waals surface area contributed by atoms with E-state index in [0.717, 1.165) is 0 Å². The lowest BCUT2D eigenvalue weighted by molar-refractivity contribution is -0.135. The summed E-state index contributed by atoms with van der Waals surface area (Å²) >= 11 is 0. The maximum absolute atomic E-state index is 13.0. The highest BCUT2D eigenvalue weighted by Gasteiger charge is 2.28. The van der Waals surface area contributed by atoms with Gasteiger partial charge in [-0.3, -0.25) is 19.0 Å². The lowest BCUT2D eigenvalue weighted by Crippen LogP contribution is -2.43. The molecule has 27 heavy (non-hydrogen) atoms. The molecule has 1 amide bonds. The van der Waals surface area contributed by atoms with Gasteiger partial charge in [-0.25, -0.2) is 9.97 Å². The van der Waals surface area contributed by atoms with Crippen LogP contribution in [0, 0.1) is 6.92 Å². The molecule has 0 bridgehead atoms. The second kappa shape index (κ2) is 6.46. The average Bonchev–Trinajstić information content (AvgIpc) is 2.67. The summed E-state index contributed by atoms with van der Waals surface area (Å²) in [7, 11) is 0. The molecule has 0 saturated heterocycles. The Morgan fingerprint density at radius 3 is 2.85 bits per heavy atom. The molecule has 1 aliphatic heterocycles. The molecule has 138 valence electrons. The third kappa shape index (κ3) is 2.92. The van der Waals surface area contributed by atoms with Crippen LogP contribution in [0.1, 0.15) is 30.0 Å². The maximum atomic E-state index is 13.0. The molecule has 2 aromatic heterocycles. The van der Waals surface area contributed by atoms with Gasteiger partial charge in [0.25, 0.3) is 11.1 Å². The van der Waals surface area contributed by atoms with Crippen LogP contribution in [0.3, 0.4) is 0 Å². The minimum atomic E-state index is -0.695. The summed E-state index contributed by atoms with van der Waals surface area (Å²) in [4.78, 5) is 50.7. The van der Waals surface area contributed by atoms with Crippen LogP contribution in [0.2, 0.25) is 0 Å². The zero-order valence-corrected chi connectivity index (χ0v) is 15.1. The van der Waals surface area contributed by atoms with Crippen molar-refractivity contribution in [3.8, 4) is 0 Å². The molecule has 0 spiro atoms. The molecule has 0 unspecified atom stereocenters. The van der Waals surface area contributed by atoms with E-state index in [1.807, 2.05) is 6.07 Å². The van der Waals surface area contributed by atoms with Gasteiger partial charge < -0.3 is 9.88 Å². The molecular weight excluding hydrogens is 346 g/mol. The summed E-state index contributed by atoms with van der Waals surface area (Å²) in [5.41, 5.74) is 1.45. The molecular formula is C19H19N5O3. The van der Waals surface area contributed by atoms with Crippen molar-refractivity contribution in [1.29, 1.82) is 0 Å². The fourth-order valence-corrected chi connectivity index (χ4v) is 3.49. The number of para-hydroxylation sites is 1. The van der Waals surface area contributed by atoms with Gasteiger partial charge in [-0.1, -0.05) is 12.1 Å². The number of carbonyl (C=O) groups excluding carboxylic acids is 1. The number of amides is 1. The first-order valence-corrected chi connectivity index (χ1v) is 8.79. The first-order valence-electron chi connectivity index (χ1n) is 8.79. The van der Waals surface area contributed by atoms with Crippen molar-refractivity contribution in [1.82, 2.24) is 24.4 Å². The van der Waals surface area contributed by atoms with Gasteiger partial charge >= 0.3 is 0 Å². The predicted molar refractivity (Wildman–Crippen MR) is 99.4 cm³/mol. The zero-order chi connectivity index (χ0) is 19.1. The second-order valence-corrected chi connectivity index (χ2v) is 6.74. The van der Waals surface area contributed by atoms with E-state index in [9.17, 15) is 14.4 Å². The molecule has 3 aromatic rings. The highest BCUT2D eigenvalue weighted by molar-refractivity contribution is 5.81. The van der Waals surface area contributed by atoms with Crippen LogP contribution in [0.25, 0.3) is 10.9 Å². The van der Waals surface area contributed by atoms with Gasteiger partial charge in [0.15, 0.2) is 0 Å². The SMILES string of the molecule is Cc1nc2c(c(=O)[nH]1)CCN(C(=O)[C@@H](C)n1cnc3ccccc3c1=O)C2. The largest absolute Gasteiger partial charge is 0.335 e. The van der Waals surface area contributed by atoms with E-state index < -0.39 is 6.04 Å². The number of nitrogens with zero attached hydrogens (tertiary/aromatic N) is 4. The maximum Gasteiger partial charge on any atom is 0.261 e. The van der Waals surface area contributed by atoms with E-state index in [-0.39, 0.29) is 23.6 Å². The second-order valence-electron chi connectivity index (χ2n) is 6.74. The Morgan fingerprint density at radius 2 is 2.04 bits per heavy atom. The number of aromatic amines is 1. The summed E-state index contributed by atoms with van der Waals surface area (Å²) < 4.78 is 1.36. The van der Waals surface area contributed by atoms with Crippen molar-refractivity contribution >= 4 is 16.8 Å². The Labute approximate surface area is 154 Å². The Morgan fingerprint density at radius 1 is 1.26 bits per heavy atom. The Bertz CT molecular complexity index is 1160. The molecule has 1 aliphatic rings. The quantitative estimate of drug-likeness (QED) is 0.728. The molecule has 0 aliphatic carbocycles. The first-order chi connectivity index (χ1) is 13.0. The highest BCUT2D eigenvalue weighted by atomic mass is 16.2. The van der Waals surface area contributed by atoms with E-state index in [1.54, 1.807) is 36.9 Å². The minimum absolute atomic E-state index is 0.146. The molecule has 1 N–H and O–H groups in total. The molecule has 1 atom stereocenters. The highest BCUT2D eigenvalue weighted by Crippen LogP contribution is 2.18. The molecule has 3 heterocycles. The van der Waals surface area contributed by atoms with Gasteiger partial charge in [0.1, 0.15) is 11.9 Å². The van der Waals surface area contributed by atoms with Crippen molar-refractivity contribution in [2.24, 2.45) is 0 Å². The van der Waals surface area contributed by atoms with Crippen LogP contribution >= 0.6 is 0 Å². The van der Waals surface area contributed by atoms with Gasteiger partial charge in [-0.15, -0.1) is 0 Å². The van der Waals surface area contributed by atoms with E-state index in [4.69, 9.17) is 0 Å². The Kier molecular flexibility index (Phi) is 4.10. The number of H-pyrrole nitrogens is 1. The molecule has 1 aromatic carbocycles. The number of hydrogen-bond acceptors (Lipinski definition) is 5. The average molecular weight is 365 g/mol. The van der Waals surface area contributed by atoms with Gasteiger partial charge in [-0.2, -0.15) is 0 Å². The topological polar surface area (TPSA) is 101 Å². The molecule has 8 heteroatoms. The number of aryl methyl sites for hydroxylation is 1. The molecule has 0 saturated carbocycles. The smallest absolute Gasteiger partial charge is 0.261 e. The number of fused-ring (bicyclic) bond motifs is 2. The summed E-state index contributed by atoms with van der Waals surface area (Å²) in [6.07, 6.45) is 1.86. The Hall–Kier alpha value is -3.29. The van der Waals surface area contributed by atoms with Crippen molar-refractivity contribution in [2.45, 2.75) is 32.9 Å². The van der Waals surface area contributed by atoms with Gasteiger partial charge in [0.2, 0.25) is 5.91 Å². The lowest BCUT2D eigenvalue weighted by atomic mass is 10.1. The van der Waals surface area contributed by atoms with Crippen molar-refractivity contribution < 1.29 is 4.79 Å². The van der Waals surface area contributed by atoms with E-state index in [1.165, 1.54) is 10.9 Å². The van der Waals surface area contributed by atoms with Crippen LogP contribution in [-0.4, -0.2) is 36.9 Å². The first kappa shape index (κ1) is 17.1. The van der Waals surface area contributed by atoms with Crippen LogP contribution in [0.5, 0.6) is 0 Å². The normalized spacial score (nSPS) is 14.8. The third-order valence-electron chi connectivity index (χ3n) is 4.97. The monoisotopic (exact) mass is 365 g/mol. The summed E-state index contributed by atoms with van der Waals surface area (Å²) in [6, 6.07) is 6.36. The van der Waals surface area contributed by atoms with Crippen LogP contribution in [0.4, 0.5) is 0 Å². The van der Waals surface area contributed by atoms with Crippen molar-refractivity contribution in [3.63, 3.8) is 0 Å². The summed E-state index contributed by atoms with van der Waals surface area (Å²) in [5.74, 6) is 0.329. The Balaban J connectivity index is 1.64. The summed E-state index contributed by atoms with van der Waals surface area (Å²) in [5, 5.41) is 0.479. The zero-order valence-electron chi connectivity index (χ0n) is 15.1. The number of hydrogen-bond donors (Lipinski definition) is 1.